The van der Waals surface area contributed by atoms with Crippen LogP contribution in [0.4, 0.5) is 5.00 Å². The Balaban J connectivity index is 0.00000306. The molecular weight excluding hydrogens is 456 g/mol. The third kappa shape index (κ3) is 5.99. The van der Waals surface area contributed by atoms with Gasteiger partial charge in [0, 0.05) is 44.2 Å². The minimum Gasteiger partial charge on any atom is -0.378 e. The second-order valence-electron chi connectivity index (χ2n) is 8.04. The number of hydrogen-bond donors (Lipinski definition) is 0. The average Bonchev–Trinajstić information content (AvgIpc) is 3.31. The lowest BCUT2D eigenvalue weighted by Crippen LogP contribution is -2.46. The van der Waals surface area contributed by atoms with Crippen LogP contribution in [-0.4, -0.2) is 66.3 Å². The first-order valence-electron chi connectivity index (χ1n) is 10.8. The number of ether oxygens (including phenoxy) is 1. The molecule has 1 aromatic heterocycles. The predicted molar refractivity (Wildman–Crippen MR) is 136 cm³/mol. The van der Waals surface area contributed by atoms with Gasteiger partial charge in [-0.25, -0.2) is 4.99 Å². The summed E-state index contributed by atoms with van der Waals surface area (Å²) in [4.78, 5) is 22.0. The summed E-state index contributed by atoms with van der Waals surface area (Å²) in [5.74, 6) is 1.01. The topological polar surface area (TPSA) is 58.0 Å². The lowest BCUT2D eigenvalue weighted by atomic mass is 9.94. The van der Waals surface area contributed by atoms with Gasteiger partial charge in [0.15, 0.2) is 5.78 Å². The van der Waals surface area contributed by atoms with Crippen molar-refractivity contribution in [3.63, 3.8) is 0 Å². The molecule has 2 heterocycles. The summed E-state index contributed by atoms with van der Waals surface area (Å²) in [5.41, 5.74) is 3.41. The largest absolute Gasteiger partial charge is 0.378 e. The molecule has 0 aliphatic carbocycles. The summed E-state index contributed by atoms with van der Waals surface area (Å²) in [7, 11) is 4.02. The number of rotatable bonds is 5. The molecule has 6 nitrogen and oxygen atoms in total. The van der Waals surface area contributed by atoms with Crippen LogP contribution < -0.4 is 0 Å². The van der Waals surface area contributed by atoms with Crippen LogP contribution in [0.5, 0.6) is 0 Å². The third-order valence-electron chi connectivity index (χ3n) is 5.55. The minimum absolute atomic E-state index is 0. The number of hydrogen-bond acceptors (Lipinski definition) is 5. The molecule has 0 N–H and O–H groups in total. The van der Waals surface area contributed by atoms with Crippen molar-refractivity contribution < 1.29 is 9.53 Å². The van der Waals surface area contributed by atoms with Crippen molar-refractivity contribution in [3.8, 4) is 0 Å². The summed E-state index contributed by atoms with van der Waals surface area (Å²) < 4.78 is 10.1. The average molecular weight is 485 g/mol. The summed E-state index contributed by atoms with van der Waals surface area (Å²) in [6, 6.07) is 19.3. The van der Waals surface area contributed by atoms with Crippen molar-refractivity contribution in [2.75, 3.05) is 40.4 Å². The molecule has 4 rings (SSSR count). The summed E-state index contributed by atoms with van der Waals surface area (Å²) in [6.45, 7) is 5.22. The molecule has 0 bridgehead atoms. The molecule has 1 fully saturated rings. The van der Waals surface area contributed by atoms with E-state index in [1.165, 1.54) is 11.5 Å². The van der Waals surface area contributed by atoms with E-state index in [4.69, 9.17) is 9.73 Å². The van der Waals surface area contributed by atoms with Gasteiger partial charge in [-0.3, -0.25) is 4.79 Å². The van der Waals surface area contributed by atoms with E-state index >= 15 is 0 Å². The number of ketones is 1. The van der Waals surface area contributed by atoms with E-state index in [0.29, 0.717) is 11.1 Å². The Kier molecular flexibility index (Phi) is 8.61. The molecule has 1 unspecified atom stereocenters. The predicted octanol–water partition coefficient (Wildman–Crippen LogP) is 4.83. The van der Waals surface area contributed by atoms with Crippen LogP contribution in [0.25, 0.3) is 0 Å². The van der Waals surface area contributed by atoms with Crippen molar-refractivity contribution >= 4 is 40.7 Å². The van der Waals surface area contributed by atoms with E-state index in [1.807, 2.05) is 79.7 Å². The molecule has 1 aliphatic heterocycles. The van der Waals surface area contributed by atoms with Gasteiger partial charge in [-0.1, -0.05) is 55.5 Å². The fourth-order valence-corrected chi connectivity index (χ4v) is 4.43. The number of carbonyl (C=O) groups excluding carboxylic acids is 1. The Morgan fingerprint density at radius 2 is 1.76 bits per heavy atom. The van der Waals surface area contributed by atoms with E-state index in [2.05, 4.69) is 16.2 Å². The van der Waals surface area contributed by atoms with Crippen LogP contribution >= 0.6 is 23.9 Å². The third-order valence-corrected chi connectivity index (χ3v) is 6.25. The van der Waals surface area contributed by atoms with Gasteiger partial charge in [0.1, 0.15) is 5.00 Å². The first-order valence-corrected chi connectivity index (χ1v) is 11.6. The van der Waals surface area contributed by atoms with Crippen LogP contribution in [0.2, 0.25) is 0 Å². The number of benzene rings is 2. The Morgan fingerprint density at radius 3 is 2.45 bits per heavy atom. The van der Waals surface area contributed by atoms with Gasteiger partial charge in [-0.15, -0.1) is 12.4 Å². The molecule has 0 radical (unpaired) electrons. The van der Waals surface area contributed by atoms with Gasteiger partial charge in [-0.05, 0) is 29.2 Å². The Bertz CT molecular complexity index is 1090. The van der Waals surface area contributed by atoms with E-state index in [-0.39, 0.29) is 24.1 Å². The molecular formula is C25H29ClN4O2S. The van der Waals surface area contributed by atoms with Crippen LogP contribution in [-0.2, 0) is 4.74 Å². The highest BCUT2D eigenvalue weighted by Gasteiger charge is 2.19. The lowest BCUT2D eigenvalue weighted by molar-refractivity contribution is 0.0638. The smallest absolute Gasteiger partial charge is 0.202 e. The van der Waals surface area contributed by atoms with Crippen molar-refractivity contribution in [1.82, 2.24) is 14.2 Å². The van der Waals surface area contributed by atoms with Gasteiger partial charge in [0.05, 0.1) is 18.9 Å². The zero-order valence-electron chi connectivity index (χ0n) is 19.1. The van der Waals surface area contributed by atoms with E-state index in [1.54, 1.807) is 0 Å². The summed E-state index contributed by atoms with van der Waals surface area (Å²) in [6.07, 6.45) is 0. The quantitative estimate of drug-likeness (QED) is 0.295. The normalized spacial score (nSPS) is 15.0. The molecule has 0 amide bonds. The molecule has 8 heteroatoms. The maximum absolute atomic E-state index is 12.8. The fourth-order valence-electron chi connectivity index (χ4n) is 3.73. The summed E-state index contributed by atoms with van der Waals surface area (Å²) >= 11 is 1.40. The van der Waals surface area contributed by atoms with E-state index < -0.39 is 0 Å². The molecule has 0 spiro atoms. The number of aromatic nitrogens is 1. The maximum atomic E-state index is 12.8. The minimum atomic E-state index is 0. The monoisotopic (exact) mass is 484 g/mol. The molecule has 0 saturated carbocycles. The zero-order valence-corrected chi connectivity index (χ0v) is 20.7. The maximum Gasteiger partial charge on any atom is 0.202 e. The number of halogens is 1. The Hall–Kier alpha value is -2.74. The van der Waals surface area contributed by atoms with Crippen molar-refractivity contribution in [2.24, 2.45) is 4.99 Å². The van der Waals surface area contributed by atoms with E-state index in [9.17, 15) is 4.79 Å². The van der Waals surface area contributed by atoms with Gasteiger partial charge < -0.3 is 14.5 Å². The van der Waals surface area contributed by atoms with Crippen molar-refractivity contribution in [2.45, 2.75) is 12.8 Å². The Morgan fingerprint density at radius 1 is 1.06 bits per heavy atom. The standard InChI is InChI=1S/C25H28N4O2S.ClH/c1-18(20-10-7-11-21(16-20)24(30)19-8-5-4-6-9-19)22-17-23(32-27-22)26-25(28(2)3)29-12-14-31-15-13-29;/h4-11,16-18H,12-15H2,1-3H3;1H/b26-25+;. The molecule has 33 heavy (non-hydrogen) atoms. The van der Waals surface area contributed by atoms with Gasteiger partial charge in [0.25, 0.3) is 0 Å². The van der Waals surface area contributed by atoms with Crippen LogP contribution in [0, 0.1) is 0 Å². The number of carbonyl (C=O) groups is 1. The summed E-state index contributed by atoms with van der Waals surface area (Å²) in [5, 5.41) is 0.874. The zero-order chi connectivity index (χ0) is 22.5. The fraction of sp³-hybridized carbons (Fsp3) is 0.320. The van der Waals surface area contributed by atoms with Crippen LogP contribution in [0.3, 0.4) is 0 Å². The molecule has 1 atom stereocenters. The number of nitrogens with zero attached hydrogens (tertiary/aromatic N) is 4. The van der Waals surface area contributed by atoms with Gasteiger partial charge >= 0.3 is 0 Å². The Labute approximate surface area is 205 Å². The lowest BCUT2D eigenvalue weighted by Gasteiger charge is -2.32. The molecule has 2 aromatic carbocycles. The molecule has 3 aromatic rings. The highest BCUT2D eigenvalue weighted by atomic mass is 35.5. The second kappa shape index (κ2) is 11.4. The molecule has 1 saturated heterocycles. The van der Waals surface area contributed by atoms with E-state index in [0.717, 1.165) is 48.5 Å². The second-order valence-corrected chi connectivity index (χ2v) is 8.82. The van der Waals surface area contributed by atoms with Crippen LogP contribution in [0.15, 0.2) is 65.7 Å². The van der Waals surface area contributed by atoms with Gasteiger partial charge in [0.2, 0.25) is 5.96 Å². The first kappa shape index (κ1) is 24.9. The van der Waals surface area contributed by atoms with Crippen LogP contribution in [0.1, 0.15) is 40.0 Å². The highest BCUT2D eigenvalue weighted by Crippen LogP contribution is 2.30. The number of morpholine rings is 1. The van der Waals surface area contributed by atoms with Crippen molar-refractivity contribution in [3.05, 3.63) is 83.0 Å². The number of guanidine groups is 1. The highest BCUT2D eigenvalue weighted by molar-refractivity contribution is 7.09. The molecule has 1 aliphatic rings. The number of aliphatic imine (C=N–C) groups is 1. The SMILES string of the molecule is CC(c1cccc(C(=O)c2ccccc2)c1)c1cc(/N=C(\N(C)C)N2CCOCC2)sn1.Cl. The first-order chi connectivity index (χ1) is 15.5. The molecule has 174 valence electrons. The van der Waals surface area contributed by atoms with Gasteiger partial charge in [-0.2, -0.15) is 4.37 Å². The van der Waals surface area contributed by atoms with Crippen molar-refractivity contribution in [1.29, 1.82) is 0 Å².